The van der Waals surface area contributed by atoms with E-state index in [0.717, 1.165) is 37.9 Å². The number of likely N-dealkylation sites (tertiary alicyclic amines) is 1. The molecule has 1 aliphatic heterocycles. The first kappa shape index (κ1) is 17.3. The largest absolute Gasteiger partial charge is 0.357 e. The first-order chi connectivity index (χ1) is 10.7. The lowest BCUT2D eigenvalue weighted by atomic mass is 9.97. The number of hydrogen-bond donors (Lipinski definition) is 2. The number of hydrogen-bond acceptors (Lipinski definition) is 3. The lowest BCUT2D eigenvalue weighted by molar-refractivity contribution is 0.220. The Balaban J connectivity index is 1.81. The molecule has 2 heterocycles. The highest BCUT2D eigenvalue weighted by Gasteiger charge is 2.16. The molecule has 1 fully saturated rings. The van der Waals surface area contributed by atoms with Crippen LogP contribution in [-0.4, -0.2) is 44.1 Å². The number of nitrogens with one attached hydrogen (secondary N) is 2. The molecular weight excluding hydrogens is 292 g/mol. The van der Waals surface area contributed by atoms with Gasteiger partial charge in [-0.25, -0.2) is 4.99 Å². The third kappa shape index (κ3) is 5.61. The maximum Gasteiger partial charge on any atom is 0.191 e. The zero-order valence-corrected chi connectivity index (χ0v) is 15.0. The van der Waals surface area contributed by atoms with E-state index in [1.165, 1.54) is 35.7 Å². The molecule has 0 saturated carbocycles. The number of aryl methyl sites for hydroxylation is 1. The summed E-state index contributed by atoms with van der Waals surface area (Å²) in [5.41, 5.74) is 0. The van der Waals surface area contributed by atoms with Crippen molar-refractivity contribution in [3.05, 3.63) is 21.9 Å². The summed E-state index contributed by atoms with van der Waals surface area (Å²) in [5, 5.41) is 6.88. The van der Waals surface area contributed by atoms with Crippen LogP contribution in [0.2, 0.25) is 0 Å². The molecule has 0 aliphatic carbocycles. The van der Waals surface area contributed by atoms with E-state index in [-0.39, 0.29) is 0 Å². The highest BCUT2D eigenvalue weighted by atomic mass is 32.1. The molecule has 0 atom stereocenters. The second-order valence-corrected chi connectivity index (χ2v) is 7.30. The van der Waals surface area contributed by atoms with E-state index in [1.807, 2.05) is 11.3 Å². The predicted octanol–water partition coefficient (Wildman–Crippen LogP) is 2.71. The highest BCUT2D eigenvalue weighted by molar-refractivity contribution is 7.11. The van der Waals surface area contributed by atoms with Crippen LogP contribution in [0.25, 0.3) is 0 Å². The normalized spacial score (nSPS) is 17.7. The Bertz CT molecular complexity index is 461. The smallest absolute Gasteiger partial charge is 0.191 e. The van der Waals surface area contributed by atoms with Crippen LogP contribution in [0.3, 0.4) is 0 Å². The van der Waals surface area contributed by atoms with Gasteiger partial charge in [0, 0.05) is 22.8 Å². The maximum atomic E-state index is 4.73. The van der Waals surface area contributed by atoms with Crippen LogP contribution in [0.5, 0.6) is 0 Å². The minimum absolute atomic E-state index is 0.771. The summed E-state index contributed by atoms with van der Waals surface area (Å²) in [6.07, 6.45) is 3.68. The number of piperidine rings is 1. The van der Waals surface area contributed by atoms with Crippen molar-refractivity contribution in [3.63, 3.8) is 0 Å². The van der Waals surface area contributed by atoms with Crippen LogP contribution in [0.15, 0.2) is 17.1 Å². The Hall–Kier alpha value is -1.07. The van der Waals surface area contributed by atoms with Crippen LogP contribution in [0, 0.1) is 5.92 Å². The molecule has 2 N–H and O–H groups in total. The number of nitrogens with zero attached hydrogens (tertiary/aromatic N) is 2. The lowest BCUT2D eigenvalue weighted by Gasteiger charge is -2.29. The quantitative estimate of drug-likeness (QED) is 0.625. The van der Waals surface area contributed by atoms with E-state index in [1.54, 1.807) is 0 Å². The maximum absolute atomic E-state index is 4.73. The third-order valence-electron chi connectivity index (χ3n) is 4.20. The van der Waals surface area contributed by atoms with E-state index in [9.17, 15) is 0 Å². The molecule has 0 unspecified atom stereocenters. The first-order valence-electron chi connectivity index (χ1n) is 8.49. The van der Waals surface area contributed by atoms with Crippen LogP contribution < -0.4 is 10.6 Å². The van der Waals surface area contributed by atoms with E-state index in [0.29, 0.717) is 0 Å². The van der Waals surface area contributed by atoms with Crippen molar-refractivity contribution >= 4 is 17.3 Å². The van der Waals surface area contributed by atoms with Crippen molar-refractivity contribution < 1.29 is 0 Å². The van der Waals surface area contributed by atoms with Crippen molar-refractivity contribution in [2.24, 2.45) is 10.9 Å². The van der Waals surface area contributed by atoms with E-state index in [2.05, 4.69) is 48.6 Å². The average Bonchev–Trinajstić information content (AvgIpc) is 3.00. The molecule has 1 saturated heterocycles. The summed E-state index contributed by atoms with van der Waals surface area (Å²) in [7, 11) is 2.21. The first-order valence-corrected chi connectivity index (χ1v) is 9.31. The van der Waals surface area contributed by atoms with Crippen molar-refractivity contribution in [2.75, 3.05) is 33.2 Å². The van der Waals surface area contributed by atoms with E-state index in [4.69, 9.17) is 4.99 Å². The fraction of sp³-hybridized carbons (Fsp3) is 0.706. The monoisotopic (exact) mass is 322 g/mol. The molecule has 1 aromatic heterocycles. The second kappa shape index (κ2) is 9.16. The van der Waals surface area contributed by atoms with E-state index < -0.39 is 0 Å². The molecule has 4 nitrogen and oxygen atoms in total. The molecule has 2 rings (SSSR count). The van der Waals surface area contributed by atoms with Gasteiger partial charge < -0.3 is 15.5 Å². The van der Waals surface area contributed by atoms with Gasteiger partial charge in [-0.3, -0.25) is 0 Å². The lowest BCUT2D eigenvalue weighted by Crippen LogP contribution is -2.42. The summed E-state index contributed by atoms with van der Waals surface area (Å²) < 4.78 is 0. The molecule has 0 radical (unpaired) electrons. The zero-order valence-electron chi connectivity index (χ0n) is 14.2. The predicted molar refractivity (Wildman–Crippen MR) is 96.7 cm³/mol. The fourth-order valence-corrected chi connectivity index (χ4v) is 3.59. The molecule has 0 spiro atoms. The van der Waals surface area contributed by atoms with Gasteiger partial charge in [0.1, 0.15) is 0 Å². The van der Waals surface area contributed by atoms with Gasteiger partial charge in [0.15, 0.2) is 5.96 Å². The van der Waals surface area contributed by atoms with Gasteiger partial charge in [0.25, 0.3) is 0 Å². The van der Waals surface area contributed by atoms with Crippen molar-refractivity contribution in [1.29, 1.82) is 0 Å². The molecule has 1 aliphatic rings. The summed E-state index contributed by atoms with van der Waals surface area (Å²) in [6.45, 7) is 9.46. The Morgan fingerprint density at radius 3 is 2.59 bits per heavy atom. The number of thiophene rings is 1. The molecule has 0 amide bonds. The third-order valence-corrected chi connectivity index (χ3v) is 5.41. The molecule has 0 bridgehead atoms. The topological polar surface area (TPSA) is 39.7 Å². The van der Waals surface area contributed by atoms with Gasteiger partial charge in [-0.15, -0.1) is 11.3 Å². The fourth-order valence-electron chi connectivity index (χ4n) is 2.70. The Kier molecular flexibility index (Phi) is 7.19. The minimum atomic E-state index is 0.771. The number of guanidine groups is 1. The second-order valence-electron chi connectivity index (χ2n) is 6.04. The van der Waals surface area contributed by atoms with Gasteiger partial charge in [0.2, 0.25) is 0 Å². The average molecular weight is 323 g/mol. The van der Waals surface area contributed by atoms with Gasteiger partial charge >= 0.3 is 0 Å². The molecule has 1 aromatic rings. The highest BCUT2D eigenvalue weighted by Crippen LogP contribution is 2.18. The van der Waals surface area contributed by atoms with Crippen molar-refractivity contribution in [1.82, 2.24) is 15.5 Å². The summed E-state index contributed by atoms with van der Waals surface area (Å²) in [4.78, 5) is 9.92. The van der Waals surface area contributed by atoms with Crippen LogP contribution in [0.1, 0.15) is 36.4 Å². The molecule has 5 heteroatoms. The summed E-state index contributed by atoms with van der Waals surface area (Å²) >= 11 is 1.87. The molecule has 124 valence electrons. The minimum Gasteiger partial charge on any atom is -0.357 e. The Morgan fingerprint density at radius 1 is 1.23 bits per heavy atom. The van der Waals surface area contributed by atoms with Gasteiger partial charge in [-0.05, 0) is 64.4 Å². The summed E-state index contributed by atoms with van der Waals surface area (Å²) in [5.74, 6) is 1.72. The number of aliphatic imine (C=N–C) groups is 1. The van der Waals surface area contributed by atoms with Crippen LogP contribution in [0.4, 0.5) is 0 Å². The van der Waals surface area contributed by atoms with E-state index >= 15 is 0 Å². The van der Waals surface area contributed by atoms with Crippen LogP contribution >= 0.6 is 11.3 Å². The van der Waals surface area contributed by atoms with Gasteiger partial charge in [0.05, 0.1) is 6.54 Å². The number of rotatable bonds is 6. The zero-order chi connectivity index (χ0) is 15.8. The summed E-state index contributed by atoms with van der Waals surface area (Å²) in [6, 6.07) is 4.42. The SMILES string of the molecule is CCNC(=NCc1ccc(CC)s1)NCC1CCN(C)CC1. The molecule has 0 aromatic carbocycles. The van der Waals surface area contributed by atoms with Crippen molar-refractivity contribution in [2.45, 2.75) is 39.7 Å². The van der Waals surface area contributed by atoms with Gasteiger partial charge in [-0.1, -0.05) is 6.92 Å². The van der Waals surface area contributed by atoms with Crippen molar-refractivity contribution in [3.8, 4) is 0 Å². The molecule has 22 heavy (non-hydrogen) atoms. The Labute approximate surface area is 139 Å². The standard InChI is InChI=1S/C17H30N4S/c1-4-15-6-7-16(22-15)13-20-17(18-5-2)19-12-14-8-10-21(3)11-9-14/h6-7,14H,4-5,8-13H2,1-3H3,(H2,18,19,20). The Morgan fingerprint density at radius 2 is 1.95 bits per heavy atom. The van der Waals surface area contributed by atoms with Crippen LogP contribution in [-0.2, 0) is 13.0 Å². The molecular formula is C17H30N4S. The van der Waals surface area contributed by atoms with Gasteiger partial charge in [-0.2, -0.15) is 0 Å².